The second-order valence-electron chi connectivity index (χ2n) is 5.46. The fraction of sp³-hybridized carbons (Fsp3) is 0.500. The van der Waals surface area contributed by atoms with E-state index in [1.54, 1.807) is 0 Å². The summed E-state index contributed by atoms with van der Waals surface area (Å²) < 4.78 is 11.4. The van der Waals surface area contributed by atoms with E-state index in [1.165, 1.54) is 6.33 Å². The number of nitrogens with zero attached hydrogens (tertiary/aromatic N) is 2. The molecule has 0 fully saturated rings. The molecule has 1 aromatic carbocycles. The molecular formula is C16H23ClN4O2. The van der Waals surface area contributed by atoms with E-state index in [0.717, 1.165) is 11.4 Å². The van der Waals surface area contributed by atoms with Gasteiger partial charge in [-0.2, -0.15) is 5.10 Å². The van der Waals surface area contributed by atoms with Crippen LogP contribution in [-0.2, 0) is 6.54 Å². The molecule has 0 saturated heterocycles. The molecule has 0 aliphatic rings. The topological polar surface area (TPSA) is 72.1 Å². The maximum Gasteiger partial charge on any atom is 0.163 e. The molecular weight excluding hydrogens is 316 g/mol. The van der Waals surface area contributed by atoms with E-state index < -0.39 is 0 Å². The lowest BCUT2D eigenvalue weighted by atomic mass is 10.1. The largest absolute Gasteiger partial charge is 0.490 e. The highest BCUT2D eigenvalue weighted by Gasteiger charge is 2.14. The first-order valence-corrected chi connectivity index (χ1v) is 8.09. The molecule has 0 saturated carbocycles. The van der Waals surface area contributed by atoms with Crippen molar-refractivity contribution in [3.8, 4) is 11.5 Å². The molecule has 126 valence electrons. The summed E-state index contributed by atoms with van der Waals surface area (Å²) in [7, 11) is 0. The first-order valence-electron chi connectivity index (χ1n) is 7.71. The van der Waals surface area contributed by atoms with Crippen LogP contribution in [0, 0.1) is 0 Å². The van der Waals surface area contributed by atoms with Crippen LogP contribution in [0.25, 0.3) is 0 Å². The van der Waals surface area contributed by atoms with Crippen LogP contribution in [0.5, 0.6) is 11.5 Å². The third kappa shape index (κ3) is 4.84. The molecule has 7 heteroatoms. The van der Waals surface area contributed by atoms with Gasteiger partial charge in [-0.1, -0.05) is 11.6 Å². The van der Waals surface area contributed by atoms with E-state index >= 15 is 0 Å². The van der Waals surface area contributed by atoms with E-state index in [-0.39, 0.29) is 12.1 Å². The Balaban J connectivity index is 2.13. The minimum atomic E-state index is 0.0377. The lowest BCUT2D eigenvalue weighted by Gasteiger charge is -2.18. The van der Waals surface area contributed by atoms with Gasteiger partial charge < -0.3 is 14.8 Å². The average molecular weight is 339 g/mol. The highest BCUT2D eigenvalue weighted by atomic mass is 35.5. The lowest BCUT2D eigenvalue weighted by Crippen LogP contribution is -2.19. The van der Waals surface area contributed by atoms with Gasteiger partial charge in [0, 0.05) is 17.6 Å². The molecule has 6 nitrogen and oxygen atoms in total. The maximum atomic E-state index is 6.38. The molecule has 23 heavy (non-hydrogen) atoms. The van der Waals surface area contributed by atoms with Crippen molar-refractivity contribution in [1.82, 2.24) is 20.5 Å². The number of hydrogen-bond donors (Lipinski definition) is 2. The van der Waals surface area contributed by atoms with Crippen molar-refractivity contribution < 1.29 is 9.47 Å². The Bertz CT molecular complexity index is 617. The molecule has 0 spiro atoms. The zero-order chi connectivity index (χ0) is 16.8. The average Bonchev–Trinajstić information content (AvgIpc) is 3.02. The molecule has 2 aromatic rings. The molecule has 0 bridgehead atoms. The SMILES string of the molecule is CCOc1cc(CN[C@@H](C)c2ncn[nH]2)c(Cl)cc1OC(C)C. The number of benzene rings is 1. The van der Waals surface area contributed by atoms with E-state index in [1.807, 2.05) is 39.8 Å². The Labute approximate surface area is 141 Å². The van der Waals surface area contributed by atoms with Crippen molar-refractivity contribution in [2.45, 2.75) is 46.4 Å². The summed E-state index contributed by atoms with van der Waals surface area (Å²) in [5.41, 5.74) is 0.942. The van der Waals surface area contributed by atoms with Gasteiger partial charge in [-0.25, -0.2) is 4.98 Å². The number of nitrogens with one attached hydrogen (secondary N) is 2. The van der Waals surface area contributed by atoms with Crippen molar-refractivity contribution in [2.24, 2.45) is 0 Å². The smallest absolute Gasteiger partial charge is 0.163 e. The molecule has 0 amide bonds. The van der Waals surface area contributed by atoms with Gasteiger partial charge in [-0.05, 0) is 39.3 Å². The lowest BCUT2D eigenvalue weighted by molar-refractivity contribution is 0.223. The number of hydrogen-bond acceptors (Lipinski definition) is 5. The minimum Gasteiger partial charge on any atom is -0.490 e. The quantitative estimate of drug-likeness (QED) is 0.770. The normalized spacial score (nSPS) is 12.4. The Morgan fingerprint density at radius 3 is 2.65 bits per heavy atom. The third-order valence-corrected chi connectivity index (χ3v) is 3.57. The van der Waals surface area contributed by atoms with Crippen LogP contribution < -0.4 is 14.8 Å². The first-order chi connectivity index (χ1) is 11.0. The fourth-order valence-electron chi connectivity index (χ4n) is 2.11. The number of halogens is 1. The van der Waals surface area contributed by atoms with Crippen molar-refractivity contribution in [3.05, 3.63) is 34.9 Å². The molecule has 1 atom stereocenters. The summed E-state index contributed by atoms with van der Waals surface area (Å²) in [6.45, 7) is 9.04. The maximum absolute atomic E-state index is 6.38. The van der Waals surface area contributed by atoms with Gasteiger partial charge >= 0.3 is 0 Å². The Morgan fingerprint density at radius 1 is 1.26 bits per heavy atom. The molecule has 0 radical (unpaired) electrons. The highest BCUT2D eigenvalue weighted by Crippen LogP contribution is 2.34. The summed E-state index contributed by atoms with van der Waals surface area (Å²) >= 11 is 6.38. The summed E-state index contributed by atoms with van der Waals surface area (Å²) in [6.07, 6.45) is 1.55. The summed E-state index contributed by atoms with van der Waals surface area (Å²) in [4.78, 5) is 4.14. The predicted molar refractivity (Wildman–Crippen MR) is 90.0 cm³/mol. The second kappa shape index (κ2) is 8.17. The van der Waals surface area contributed by atoms with Gasteiger partial charge in [0.05, 0.1) is 18.8 Å². The predicted octanol–water partition coefficient (Wildman–Crippen LogP) is 3.49. The number of aromatic nitrogens is 3. The molecule has 0 unspecified atom stereocenters. The van der Waals surface area contributed by atoms with Crippen molar-refractivity contribution in [2.75, 3.05) is 6.61 Å². The Hall–Kier alpha value is -1.79. The minimum absolute atomic E-state index is 0.0377. The van der Waals surface area contributed by atoms with Crippen molar-refractivity contribution in [1.29, 1.82) is 0 Å². The van der Waals surface area contributed by atoms with E-state index in [0.29, 0.717) is 29.7 Å². The van der Waals surface area contributed by atoms with E-state index in [4.69, 9.17) is 21.1 Å². The molecule has 2 rings (SSSR count). The van der Waals surface area contributed by atoms with Crippen LogP contribution in [-0.4, -0.2) is 27.9 Å². The Morgan fingerprint density at radius 2 is 2.04 bits per heavy atom. The highest BCUT2D eigenvalue weighted by molar-refractivity contribution is 6.31. The number of rotatable bonds is 8. The van der Waals surface area contributed by atoms with Gasteiger partial charge in [0.2, 0.25) is 0 Å². The van der Waals surface area contributed by atoms with Crippen LogP contribution in [0.4, 0.5) is 0 Å². The number of ether oxygens (including phenoxy) is 2. The Kier molecular flexibility index (Phi) is 6.24. The monoisotopic (exact) mass is 338 g/mol. The van der Waals surface area contributed by atoms with Crippen LogP contribution in [0.2, 0.25) is 5.02 Å². The summed E-state index contributed by atoms with van der Waals surface area (Å²) in [6, 6.07) is 3.77. The van der Waals surface area contributed by atoms with Gasteiger partial charge in [0.15, 0.2) is 11.5 Å². The van der Waals surface area contributed by atoms with Gasteiger partial charge in [-0.15, -0.1) is 0 Å². The fourth-order valence-corrected chi connectivity index (χ4v) is 2.33. The van der Waals surface area contributed by atoms with Crippen LogP contribution in [0.15, 0.2) is 18.5 Å². The summed E-state index contributed by atoms with van der Waals surface area (Å²) in [5.74, 6) is 2.15. The molecule has 0 aliphatic heterocycles. The van der Waals surface area contributed by atoms with Gasteiger partial charge in [-0.3, -0.25) is 5.10 Å². The van der Waals surface area contributed by atoms with E-state index in [9.17, 15) is 0 Å². The van der Waals surface area contributed by atoms with Crippen molar-refractivity contribution >= 4 is 11.6 Å². The first kappa shape index (κ1) is 17.6. The van der Waals surface area contributed by atoms with Crippen LogP contribution in [0.3, 0.4) is 0 Å². The number of H-pyrrole nitrogens is 1. The number of aromatic amines is 1. The zero-order valence-corrected chi connectivity index (χ0v) is 14.6. The molecule has 2 N–H and O–H groups in total. The second-order valence-corrected chi connectivity index (χ2v) is 5.87. The van der Waals surface area contributed by atoms with Gasteiger partial charge in [0.25, 0.3) is 0 Å². The van der Waals surface area contributed by atoms with Gasteiger partial charge in [0.1, 0.15) is 12.2 Å². The third-order valence-electron chi connectivity index (χ3n) is 3.22. The van der Waals surface area contributed by atoms with Crippen molar-refractivity contribution in [3.63, 3.8) is 0 Å². The van der Waals surface area contributed by atoms with Crippen LogP contribution >= 0.6 is 11.6 Å². The molecule has 1 heterocycles. The summed E-state index contributed by atoms with van der Waals surface area (Å²) in [5, 5.41) is 10.7. The molecule has 0 aliphatic carbocycles. The standard InChI is InChI=1S/C16H23ClN4O2/c1-5-22-14-6-12(13(17)7-15(14)23-10(2)3)8-18-11(4)16-19-9-20-21-16/h6-7,9-11,18H,5,8H2,1-4H3,(H,19,20,21)/t11-/m0/s1. The molecule has 1 aromatic heterocycles. The van der Waals surface area contributed by atoms with E-state index in [2.05, 4.69) is 20.5 Å². The van der Waals surface area contributed by atoms with Crippen LogP contribution in [0.1, 0.15) is 45.1 Å². The zero-order valence-electron chi connectivity index (χ0n) is 13.9.